The molecule has 0 unspecified atom stereocenters. The monoisotopic (exact) mass is 344 g/mol. The van der Waals surface area contributed by atoms with Gasteiger partial charge >= 0.3 is 0 Å². The summed E-state index contributed by atoms with van der Waals surface area (Å²) in [4.78, 5) is 16.1. The second kappa shape index (κ2) is 7.21. The van der Waals surface area contributed by atoms with Crippen molar-refractivity contribution in [3.63, 3.8) is 0 Å². The van der Waals surface area contributed by atoms with E-state index < -0.39 is 0 Å². The van der Waals surface area contributed by atoms with E-state index in [1.54, 1.807) is 18.3 Å². The molecule has 1 amide bonds. The number of rotatable bonds is 5. The van der Waals surface area contributed by atoms with Gasteiger partial charge in [0.25, 0.3) is 5.91 Å². The van der Waals surface area contributed by atoms with Crippen LogP contribution < -0.4 is 10.7 Å². The van der Waals surface area contributed by atoms with Crippen LogP contribution in [0.15, 0.2) is 53.6 Å². The molecule has 0 spiro atoms. The summed E-state index contributed by atoms with van der Waals surface area (Å²) < 4.78 is 1.08. The van der Waals surface area contributed by atoms with E-state index in [-0.39, 0.29) is 12.5 Å². The van der Waals surface area contributed by atoms with Gasteiger partial charge in [0, 0.05) is 5.02 Å². The van der Waals surface area contributed by atoms with Gasteiger partial charge in [0.05, 0.1) is 23.0 Å². The molecule has 2 aromatic carbocycles. The van der Waals surface area contributed by atoms with E-state index in [4.69, 9.17) is 11.6 Å². The number of amides is 1. The SMILES string of the molecule is O=C(CNc1nc2ccccc2s1)N/N=C\c1cccc(Cl)c1. The van der Waals surface area contributed by atoms with E-state index in [2.05, 4.69) is 20.8 Å². The van der Waals surface area contributed by atoms with Crippen molar-refractivity contribution < 1.29 is 4.79 Å². The lowest BCUT2D eigenvalue weighted by Gasteiger charge is -2.00. The molecule has 5 nitrogen and oxygen atoms in total. The molecular weight excluding hydrogens is 332 g/mol. The van der Waals surface area contributed by atoms with Gasteiger partial charge in [-0.05, 0) is 29.8 Å². The number of aromatic nitrogens is 1. The van der Waals surface area contributed by atoms with Crippen LogP contribution in [-0.4, -0.2) is 23.7 Å². The average molecular weight is 345 g/mol. The summed E-state index contributed by atoms with van der Waals surface area (Å²) in [5.41, 5.74) is 4.19. The first-order valence-corrected chi connectivity index (χ1v) is 8.07. The molecule has 0 aliphatic heterocycles. The van der Waals surface area contributed by atoms with Crippen LogP contribution in [0.5, 0.6) is 0 Å². The van der Waals surface area contributed by atoms with E-state index >= 15 is 0 Å². The fraction of sp³-hybridized carbons (Fsp3) is 0.0625. The molecule has 2 N–H and O–H groups in total. The smallest absolute Gasteiger partial charge is 0.259 e. The Balaban J connectivity index is 1.51. The van der Waals surface area contributed by atoms with Crippen LogP contribution in [0.3, 0.4) is 0 Å². The molecule has 3 rings (SSSR count). The van der Waals surface area contributed by atoms with Crippen LogP contribution in [0, 0.1) is 0 Å². The first-order chi connectivity index (χ1) is 11.2. The fourth-order valence-corrected chi connectivity index (χ4v) is 2.97. The number of nitrogens with zero attached hydrogens (tertiary/aromatic N) is 2. The second-order valence-corrected chi connectivity index (χ2v) is 6.16. The van der Waals surface area contributed by atoms with Gasteiger partial charge in [0.2, 0.25) is 0 Å². The Morgan fingerprint density at radius 2 is 2.13 bits per heavy atom. The minimum atomic E-state index is -0.248. The third-order valence-electron chi connectivity index (χ3n) is 2.95. The van der Waals surface area contributed by atoms with Crippen LogP contribution in [0.1, 0.15) is 5.56 Å². The molecule has 0 bridgehead atoms. The summed E-state index contributed by atoms with van der Waals surface area (Å²) in [5.74, 6) is -0.248. The van der Waals surface area contributed by atoms with Crippen LogP contribution >= 0.6 is 22.9 Å². The molecule has 3 aromatic rings. The molecule has 0 radical (unpaired) electrons. The zero-order chi connectivity index (χ0) is 16.1. The summed E-state index contributed by atoms with van der Waals surface area (Å²) >= 11 is 7.38. The zero-order valence-corrected chi connectivity index (χ0v) is 13.6. The number of carbonyl (C=O) groups is 1. The standard InChI is InChI=1S/C16H13ClN4OS/c17-12-5-3-4-11(8-12)9-19-21-15(22)10-18-16-20-13-6-1-2-7-14(13)23-16/h1-9H,10H2,(H,18,20)(H,21,22)/b19-9-. The fourth-order valence-electron chi connectivity index (χ4n) is 1.91. The average Bonchev–Trinajstić information content (AvgIpc) is 2.96. The van der Waals surface area contributed by atoms with Crippen LogP contribution in [0.2, 0.25) is 5.02 Å². The maximum absolute atomic E-state index is 11.8. The predicted molar refractivity (Wildman–Crippen MR) is 95.3 cm³/mol. The van der Waals surface area contributed by atoms with Crippen molar-refractivity contribution in [2.45, 2.75) is 0 Å². The van der Waals surface area contributed by atoms with E-state index in [0.717, 1.165) is 15.8 Å². The summed E-state index contributed by atoms with van der Waals surface area (Å²) in [6.07, 6.45) is 1.54. The minimum Gasteiger partial charge on any atom is -0.352 e. The highest BCUT2D eigenvalue weighted by atomic mass is 35.5. The molecule has 1 aromatic heterocycles. The number of benzene rings is 2. The highest BCUT2D eigenvalue weighted by Gasteiger charge is 2.04. The topological polar surface area (TPSA) is 66.4 Å². The molecule has 0 fully saturated rings. The largest absolute Gasteiger partial charge is 0.352 e. The van der Waals surface area contributed by atoms with Crippen molar-refractivity contribution in [3.8, 4) is 0 Å². The molecule has 1 heterocycles. The summed E-state index contributed by atoms with van der Waals surface area (Å²) in [6, 6.07) is 15.0. The number of halogens is 1. The molecule has 0 aliphatic rings. The van der Waals surface area contributed by atoms with Crippen molar-refractivity contribution in [3.05, 3.63) is 59.1 Å². The van der Waals surface area contributed by atoms with E-state index in [1.807, 2.05) is 36.4 Å². The summed E-state index contributed by atoms with van der Waals surface area (Å²) in [7, 11) is 0. The lowest BCUT2D eigenvalue weighted by molar-refractivity contribution is -0.119. The lowest BCUT2D eigenvalue weighted by Crippen LogP contribution is -2.25. The number of carbonyl (C=O) groups excluding carboxylic acids is 1. The van der Waals surface area contributed by atoms with Crippen molar-refractivity contribution in [1.82, 2.24) is 10.4 Å². The number of para-hydroxylation sites is 1. The number of fused-ring (bicyclic) bond motifs is 1. The number of hydrogen-bond donors (Lipinski definition) is 2. The van der Waals surface area contributed by atoms with E-state index in [0.29, 0.717) is 10.2 Å². The van der Waals surface area contributed by atoms with Gasteiger partial charge in [-0.25, -0.2) is 10.4 Å². The Kier molecular flexibility index (Phi) is 4.85. The Morgan fingerprint density at radius 1 is 1.26 bits per heavy atom. The molecule has 0 saturated carbocycles. The van der Waals surface area contributed by atoms with Gasteiger partial charge in [-0.2, -0.15) is 5.10 Å². The number of nitrogens with one attached hydrogen (secondary N) is 2. The Hall–Kier alpha value is -2.44. The van der Waals surface area contributed by atoms with Crippen LogP contribution in [-0.2, 0) is 4.79 Å². The number of anilines is 1. The van der Waals surface area contributed by atoms with Crippen molar-refractivity contribution >= 4 is 50.4 Å². The van der Waals surface area contributed by atoms with Crippen LogP contribution in [0.25, 0.3) is 10.2 Å². The normalized spacial score (nSPS) is 11.0. The molecule has 0 atom stereocenters. The van der Waals surface area contributed by atoms with Gasteiger partial charge in [-0.1, -0.05) is 47.2 Å². The number of hydrazone groups is 1. The Bertz CT molecular complexity index is 829. The minimum absolute atomic E-state index is 0.104. The van der Waals surface area contributed by atoms with Gasteiger partial charge in [-0.3, -0.25) is 4.79 Å². The highest BCUT2D eigenvalue weighted by molar-refractivity contribution is 7.22. The molecule has 116 valence electrons. The first kappa shape index (κ1) is 15.5. The van der Waals surface area contributed by atoms with Crippen molar-refractivity contribution in [2.75, 3.05) is 11.9 Å². The van der Waals surface area contributed by atoms with Gasteiger partial charge in [-0.15, -0.1) is 0 Å². The van der Waals surface area contributed by atoms with E-state index in [9.17, 15) is 4.79 Å². The Labute approximate surface area is 142 Å². The maximum Gasteiger partial charge on any atom is 0.259 e. The lowest BCUT2D eigenvalue weighted by atomic mass is 10.2. The summed E-state index contributed by atoms with van der Waals surface area (Å²) in [5, 5.41) is 8.22. The van der Waals surface area contributed by atoms with Crippen molar-refractivity contribution in [2.24, 2.45) is 5.10 Å². The maximum atomic E-state index is 11.8. The van der Waals surface area contributed by atoms with Crippen LogP contribution in [0.4, 0.5) is 5.13 Å². The third-order valence-corrected chi connectivity index (χ3v) is 4.17. The molecule has 7 heteroatoms. The molecule has 23 heavy (non-hydrogen) atoms. The summed E-state index contributed by atoms with van der Waals surface area (Å²) in [6.45, 7) is 0.104. The first-order valence-electron chi connectivity index (χ1n) is 6.87. The molecule has 0 saturated heterocycles. The molecular formula is C16H13ClN4OS. The van der Waals surface area contributed by atoms with Gasteiger partial charge < -0.3 is 5.32 Å². The highest BCUT2D eigenvalue weighted by Crippen LogP contribution is 2.24. The van der Waals surface area contributed by atoms with Crippen molar-refractivity contribution in [1.29, 1.82) is 0 Å². The number of thiazole rings is 1. The van der Waals surface area contributed by atoms with Gasteiger partial charge in [0.1, 0.15) is 0 Å². The Morgan fingerprint density at radius 3 is 2.96 bits per heavy atom. The quantitative estimate of drug-likeness (QED) is 0.550. The van der Waals surface area contributed by atoms with Gasteiger partial charge in [0.15, 0.2) is 5.13 Å². The zero-order valence-electron chi connectivity index (χ0n) is 12.0. The second-order valence-electron chi connectivity index (χ2n) is 4.69. The molecule has 0 aliphatic carbocycles. The number of hydrogen-bond acceptors (Lipinski definition) is 5. The van der Waals surface area contributed by atoms with E-state index in [1.165, 1.54) is 11.3 Å². The predicted octanol–water partition coefficient (Wildman–Crippen LogP) is 3.51. The third kappa shape index (κ3) is 4.28.